The molecule has 1 heterocycles. The lowest BCUT2D eigenvalue weighted by atomic mass is 10.3. The number of hydrogen-bond donors (Lipinski definition) is 1. The van der Waals surface area contributed by atoms with E-state index in [1.165, 1.54) is 4.90 Å². The van der Waals surface area contributed by atoms with Crippen molar-refractivity contribution < 1.29 is 0 Å². The lowest BCUT2D eigenvalue weighted by Crippen LogP contribution is -2.27. The molecule has 2 aromatic rings. The summed E-state index contributed by atoms with van der Waals surface area (Å²) in [4.78, 5) is 5.90. The first-order chi connectivity index (χ1) is 10.3. The van der Waals surface area contributed by atoms with Crippen LogP contribution in [0.15, 0.2) is 47.6 Å². The van der Waals surface area contributed by atoms with E-state index >= 15 is 0 Å². The molecule has 0 aliphatic rings. The van der Waals surface area contributed by atoms with Crippen molar-refractivity contribution >= 4 is 11.8 Å². The Balaban J connectivity index is 2.04. The second-order valence-electron chi connectivity index (χ2n) is 5.11. The van der Waals surface area contributed by atoms with E-state index in [-0.39, 0.29) is 0 Å². The zero-order valence-corrected chi connectivity index (χ0v) is 13.8. The normalized spacial score (nSPS) is 12.5. The topological polar surface area (TPSA) is 29.9 Å². The molecule has 1 aromatic carbocycles. The highest BCUT2D eigenvalue weighted by atomic mass is 32.2. The van der Waals surface area contributed by atoms with E-state index in [1.54, 1.807) is 0 Å². The molecule has 0 radical (unpaired) electrons. The maximum absolute atomic E-state index is 4.59. The molecule has 0 spiro atoms. The predicted molar refractivity (Wildman–Crippen MR) is 90.7 cm³/mol. The molecular formula is C17H25N3S. The minimum absolute atomic E-state index is 0.303. The van der Waals surface area contributed by atoms with Crippen molar-refractivity contribution in [2.45, 2.75) is 44.2 Å². The second-order valence-corrected chi connectivity index (χ2v) is 6.20. The Hall–Kier alpha value is -1.26. The zero-order valence-electron chi connectivity index (χ0n) is 13.0. The molecular weight excluding hydrogens is 278 g/mol. The molecule has 3 nitrogen and oxygen atoms in total. The molecule has 0 fully saturated rings. The van der Waals surface area contributed by atoms with Gasteiger partial charge in [0.1, 0.15) is 5.82 Å². The Morgan fingerprint density at radius 2 is 2.00 bits per heavy atom. The van der Waals surface area contributed by atoms with E-state index in [0.29, 0.717) is 6.04 Å². The number of nitrogens with one attached hydrogen (secondary N) is 1. The van der Waals surface area contributed by atoms with E-state index in [9.17, 15) is 0 Å². The monoisotopic (exact) mass is 303 g/mol. The summed E-state index contributed by atoms with van der Waals surface area (Å²) >= 11 is 1.89. The molecule has 0 bridgehead atoms. The van der Waals surface area contributed by atoms with Crippen LogP contribution in [-0.2, 0) is 6.54 Å². The van der Waals surface area contributed by atoms with Gasteiger partial charge in [0.05, 0.1) is 6.04 Å². The molecule has 114 valence electrons. The standard InChI is InChI=1S/C17H25N3S/c1-3-10-18-16(14-21-15-8-6-5-7-9-15)17-19-11-13-20(17)12-4-2/h5-9,11,13,16,18H,3-4,10,12,14H2,1-2H3. The van der Waals surface area contributed by atoms with Crippen molar-refractivity contribution in [3.8, 4) is 0 Å². The van der Waals surface area contributed by atoms with E-state index in [0.717, 1.165) is 37.5 Å². The van der Waals surface area contributed by atoms with Gasteiger partial charge in [-0.3, -0.25) is 0 Å². The number of aryl methyl sites for hydroxylation is 1. The lowest BCUT2D eigenvalue weighted by Gasteiger charge is -2.19. The minimum Gasteiger partial charge on any atom is -0.334 e. The van der Waals surface area contributed by atoms with Gasteiger partial charge in [-0.15, -0.1) is 11.8 Å². The number of nitrogens with zero attached hydrogens (tertiary/aromatic N) is 2. The minimum atomic E-state index is 0.303. The number of benzene rings is 1. The lowest BCUT2D eigenvalue weighted by molar-refractivity contribution is 0.513. The fraction of sp³-hybridized carbons (Fsp3) is 0.471. The Kier molecular flexibility index (Phi) is 6.83. The van der Waals surface area contributed by atoms with Crippen LogP contribution in [0.1, 0.15) is 38.6 Å². The van der Waals surface area contributed by atoms with Crippen LogP contribution < -0.4 is 5.32 Å². The third-order valence-electron chi connectivity index (χ3n) is 3.32. The van der Waals surface area contributed by atoms with Crippen molar-refractivity contribution in [3.05, 3.63) is 48.5 Å². The van der Waals surface area contributed by atoms with Crippen LogP contribution >= 0.6 is 11.8 Å². The van der Waals surface area contributed by atoms with Gasteiger partial charge in [0.25, 0.3) is 0 Å². The Morgan fingerprint density at radius 3 is 2.71 bits per heavy atom. The van der Waals surface area contributed by atoms with E-state index in [2.05, 4.69) is 65.2 Å². The number of imidazole rings is 1. The summed E-state index contributed by atoms with van der Waals surface area (Å²) in [5.41, 5.74) is 0. The summed E-state index contributed by atoms with van der Waals surface area (Å²) in [6.45, 7) is 6.47. The van der Waals surface area contributed by atoms with Crippen LogP contribution in [0.4, 0.5) is 0 Å². The van der Waals surface area contributed by atoms with Crippen molar-refractivity contribution in [1.82, 2.24) is 14.9 Å². The fourth-order valence-corrected chi connectivity index (χ4v) is 3.28. The first-order valence-electron chi connectivity index (χ1n) is 7.77. The summed E-state index contributed by atoms with van der Waals surface area (Å²) < 4.78 is 2.28. The van der Waals surface area contributed by atoms with Crippen LogP contribution in [0.25, 0.3) is 0 Å². The molecule has 0 aliphatic heterocycles. The molecule has 0 aliphatic carbocycles. The third kappa shape index (κ3) is 4.90. The molecule has 1 atom stereocenters. The van der Waals surface area contributed by atoms with Gasteiger partial charge in [-0.2, -0.15) is 0 Å². The Morgan fingerprint density at radius 1 is 1.19 bits per heavy atom. The van der Waals surface area contributed by atoms with Gasteiger partial charge in [0, 0.05) is 29.6 Å². The first-order valence-corrected chi connectivity index (χ1v) is 8.76. The van der Waals surface area contributed by atoms with E-state index < -0.39 is 0 Å². The molecule has 21 heavy (non-hydrogen) atoms. The van der Waals surface area contributed by atoms with Crippen LogP contribution in [0, 0.1) is 0 Å². The summed E-state index contributed by atoms with van der Waals surface area (Å²) in [6.07, 6.45) is 6.28. The van der Waals surface area contributed by atoms with Crippen LogP contribution in [0.2, 0.25) is 0 Å². The van der Waals surface area contributed by atoms with E-state index in [4.69, 9.17) is 0 Å². The maximum Gasteiger partial charge on any atom is 0.126 e. The molecule has 1 N–H and O–H groups in total. The zero-order chi connectivity index (χ0) is 14.9. The maximum atomic E-state index is 4.59. The average molecular weight is 303 g/mol. The average Bonchev–Trinajstić information content (AvgIpc) is 2.97. The summed E-state index contributed by atoms with van der Waals surface area (Å²) in [7, 11) is 0. The summed E-state index contributed by atoms with van der Waals surface area (Å²) in [5, 5.41) is 3.64. The number of thioether (sulfide) groups is 1. The number of hydrogen-bond acceptors (Lipinski definition) is 3. The third-order valence-corrected chi connectivity index (χ3v) is 4.43. The Bertz CT molecular complexity index is 510. The second kappa shape index (κ2) is 8.90. The number of rotatable bonds is 9. The van der Waals surface area contributed by atoms with Gasteiger partial charge in [-0.25, -0.2) is 4.98 Å². The van der Waals surface area contributed by atoms with Crippen molar-refractivity contribution in [2.24, 2.45) is 0 Å². The van der Waals surface area contributed by atoms with Crippen LogP contribution in [0.3, 0.4) is 0 Å². The highest BCUT2D eigenvalue weighted by Crippen LogP contribution is 2.24. The van der Waals surface area contributed by atoms with Gasteiger partial charge in [-0.1, -0.05) is 32.0 Å². The molecule has 0 amide bonds. The van der Waals surface area contributed by atoms with Crippen molar-refractivity contribution in [2.75, 3.05) is 12.3 Å². The van der Waals surface area contributed by atoms with Crippen LogP contribution in [-0.4, -0.2) is 21.8 Å². The van der Waals surface area contributed by atoms with Crippen LogP contribution in [0.5, 0.6) is 0 Å². The Labute approximate surface area is 132 Å². The van der Waals surface area contributed by atoms with Gasteiger partial charge >= 0.3 is 0 Å². The fourth-order valence-electron chi connectivity index (χ4n) is 2.30. The molecule has 1 unspecified atom stereocenters. The predicted octanol–water partition coefficient (Wildman–Crippen LogP) is 4.13. The molecule has 0 saturated heterocycles. The van der Waals surface area contributed by atoms with Crippen molar-refractivity contribution in [3.63, 3.8) is 0 Å². The highest BCUT2D eigenvalue weighted by Gasteiger charge is 2.16. The first kappa shape index (κ1) is 16.1. The molecule has 4 heteroatoms. The molecule has 1 aromatic heterocycles. The molecule has 2 rings (SSSR count). The van der Waals surface area contributed by atoms with E-state index in [1.807, 2.05) is 18.0 Å². The van der Waals surface area contributed by atoms with Gasteiger partial charge in [0.15, 0.2) is 0 Å². The largest absolute Gasteiger partial charge is 0.334 e. The van der Waals surface area contributed by atoms with Gasteiger partial charge < -0.3 is 9.88 Å². The molecule has 0 saturated carbocycles. The SMILES string of the molecule is CCCNC(CSc1ccccc1)c1nccn1CCC. The van der Waals surface area contributed by atoms with Crippen molar-refractivity contribution in [1.29, 1.82) is 0 Å². The quantitative estimate of drug-likeness (QED) is 0.707. The van der Waals surface area contributed by atoms with Gasteiger partial charge in [-0.05, 0) is 31.5 Å². The smallest absolute Gasteiger partial charge is 0.126 e. The number of aromatic nitrogens is 2. The highest BCUT2D eigenvalue weighted by molar-refractivity contribution is 7.99. The summed E-state index contributed by atoms with van der Waals surface area (Å²) in [5.74, 6) is 2.17. The summed E-state index contributed by atoms with van der Waals surface area (Å²) in [6, 6.07) is 10.9. The van der Waals surface area contributed by atoms with Gasteiger partial charge in [0.2, 0.25) is 0 Å².